The molecule has 0 saturated carbocycles. The van der Waals surface area contributed by atoms with Crippen LogP contribution in [-0.2, 0) is 11.3 Å². The lowest BCUT2D eigenvalue weighted by Gasteiger charge is -2.05. The van der Waals surface area contributed by atoms with E-state index in [1.807, 2.05) is 13.8 Å². The van der Waals surface area contributed by atoms with Crippen LogP contribution in [-0.4, -0.2) is 32.7 Å². The molecule has 0 aromatic carbocycles. The Labute approximate surface area is 110 Å². The number of nitrogens with zero attached hydrogens (tertiary/aromatic N) is 4. The molecule has 0 unspecified atom stereocenters. The summed E-state index contributed by atoms with van der Waals surface area (Å²) in [5, 5.41) is 11.4. The fourth-order valence-corrected chi connectivity index (χ4v) is 1.48. The minimum Gasteiger partial charge on any atom is -0.461 e. The molecule has 7 heteroatoms. The van der Waals surface area contributed by atoms with Gasteiger partial charge in [-0.15, -0.1) is 5.10 Å². The minimum absolute atomic E-state index is 0.236. The third-order valence-electron chi connectivity index (χ3n) is 2.52. The van der Waals surface area contributed by atoms with Crippen molar-refractivity contribution in [3.05, 3.63) is 29.4 Å². The van der Waals surface area contributed by atoms with Crippen molar-refractivity contribution in [2.45, 2.75) is 27.3 Å². The average molecular weight is 264 g/mol. The van der Waals surface area contributed by atoms with Crippen molar-refractivity contribution in [3.63, 3.8) is 0 Å². The van der Waals surface area contributed by atoms with Crippen molar-refractivity contribution in [2.24, 2.45) is 5.92 Å². The van der Waals surface area contributed by atoms with Gasteiger partial charge in [-0.25, -0.2) is 9.48 Å². The van der Waals surface area contributed by atoms with E-state index in [0.29, 0.717) is 24.6 Å². The summed E-state index contributed by atoms with van der Waals surface area (Å²) in [5.41, 5.74) is 0.880. The monoisotopic (exact) mass is 264 g/mol. The Hall–Kier alpha value is -2.18. The quantitative estimate of drug-likeness (QED) is 0.760. The van der Waals surface area contributed by atoms with Gasteiger partial charge < -0.3 is 9.26 Å². The van der Waals surface area contributed by atoms with Crippen LogP contribution in [0.4, 0.5) is 0 Å². The molecule has 0 N–H and O–H groups in total. The van der Waals surface area contributed by atoms with Crippen LogP contribution in [0.3, 0.4) is 0 Å². The van der Waals surface area contributed by atoms with Crippen LogP contribution in [0, 0.1) is 12.8 Å². The molecule has 2 aromatic rings. The van der Waals surface area contributed by atoms with E-state index in [2.05, 4.69) is 15.5 Å². The molecule has 2 aromatic heterocycles. The second kappa shape index (κ2) is 5.64. The molecule has 7 nitrogen and oxygen atoms in total. The van der Waals surface area contributed by atoms with Crippen molar-refractivity contribution >= 4 is 5.97 Å². The number of hydrogen-bond acceptors (Lipinski definition) is 6. The summed E-state index contributed by atoms with van der Waals surface area (Å²) >= 11 is 0. The SMILES string of the molecule is Cc1c(C(=O)OCC(C)C)nnn1Cc1ccno1. The van der Waals surface area contributed by atoms with Crippen LogP contribution in [0.1, 0.15) is 35.8 Å². The lowest BCUT2D eigenvalue weighted by molar-refractivity contribution is 0.0451. The molecule has 2 rings (SSSR count). The maximum Gasteiger partial charge on any atom is 0.360 e. The van der Waals surface area contributed by atoms with Crippen molar-refractivity contribution < 1.29 is 14.1 Å². The molecule has 0 fully saturated rings. The smallest absolute Gasteiger partial charge is 0.360 e. The Kier molecular flexibility index (Phi) is 3.94. The van der Waals surface area contributed by atoms with Crippen LogP contribution < -0.4 is 0 Å². The van der Waals surface area contributed by atoms with E-state index in [1.165, 1.54) is 0 Å². The standard InChI is InChI=1S/C12H16N4O3/c1-8(2)7-18-12(17)11-9(3)16(15-14-11)6-10-4-5-13-19-10/h4-5,8H,6-7H2,1-3H3. The van der Waals surface area contributed by atoms with Crippen molar-refractivity contribution in [3.8, 4) is 0 Å². The highest BCUT2D eigenvalue weighted by Crippen LogP contribution is 2.09. The summed E-state index contributed by atoms with van der Waals surface area (Å²) in [7, 11) is 0. The van der Waals surface area contributed by atoms with Gasteiger partial charge in [-0.2, -0.15) is 0 Å². The second-order valence-corrected chi connectivity index (χ2v) is 4.65. The molecule has 0 aliphatic rings. The Morgan fingerprint density at radius 3 is 2.95 bits per heavy atom. The largest absolute Gasteiger partial charge is 0.461 e. The molecule has 0 aliphatic heterocycles. The number of ether oxygens (including phenoxy) is 1. The normalized spacial score (nSPS) is 10.9. The summed E-state index contributed by atoms with van der Waals surface area (Å²) in [6.07, 6.45) is 1.55. The average Bonchev–Trinajstić information content (AvgIpc) is 2.98. The summed E-state index contributed by atoms with van der Waals surface area (Å²) in [5.74, 6) is 0.485. The van der Waals surface area contributed by atoms with Gasteiger partial charge in [-0.3, -0.25) is 0 Å². The molecule has 0 amide bonds. The summed E-state index contributed by atoms with van der Waals surface area (Å²) in [6, 6.07) is 1.73. The van der Waals surface area contributed by atoms with Gasteiger partial charge in [0.2, 0.25) is 0 Å². The topological polar surface area (TPSA) is 83.0 Å². The number of rotatable bonds is 5. The van der Waals surface area contributed by atoms with E-state index in [0.717, 1.165) is 0 Å². The fraction of sp³-hybridized carbons (Fsp3) is 0.500. The molecule has 0 spiro atoms. The molecule has 0 atom stereocenters. The molecule has 2 heterocycles. The lowest BCUT2D eigenvalue weighted by atomic mass is 10.2. The predicted octanol–water partition coefficient (Wildman–Crippen LogP) is 1.44. The molecule has 0 bridgehead atoms. The highest BCUT2D eigenvalue weighted by molar-refractivity contribution is 5.88. The molecular formula is C12H16N4O3. The zero-order valence-corrected chi connectivity index (χ0v) is 11.2. The van der Waals surface area contributed by atoms with Gasteiger partial charge in [0.05, 0.1) is 18.5 Å². The molecule has 19 heavy (non-hydrogen) atoms. The van der Waals surface area contributed by atoms with E-state index in [1.54, 1.807) is 23.9 Å². The molecule has 0 aliphatic carbocycles. The highest BCUT2D eigenvalue weighted by Gasteiger charge is 2.18. The first-order valence-corrected chi connectivity index (χ1v) is 6.04. The summed E-state index contributed by atoms with van der Waals surface area (Å²) < 4.78 is 11.7. The van der Waals surface area contributed by atoms with Gasteiger partial charge in [-0.05, 0) is 12.8 Å². The van der Waals surface area contributed by atoms with Crippen molar-refractivity contribution in [1.82, 2.24) is 20.2 Å². The zero-order chi connectivity index (χ0) is 13.8. The van der Waals surface area contributed by atoms with E-state index in [-0.39, 0.29) is 11.6 Å². The first-order chi connectivity index (χ1) is 9.08. The van der Waals surface area contributed by atoms with Crippen LogP contribution in [0.2, 0.25) is 0 Å². The number of carbonyl (C=O) groups is 1. The maximum atomic E-state index is 11.8. The first-order valence-electron chi connectivity index (χ1n) is 6.04. The second-order valence-electron chi connectivity index (χ2n) is 4.65. The Morgan fingerprint density at radius 1 is 1.53 bits per heavy atom. The van der Waals surface area contributed by atoms with Crippen LogP contribution in [0.5, 0.6) is 0 Å². The van der Waals surface area contributed by atoms with E-state index < -0.39 is 5.97 Å². The summed E-state index contributed by atoms with van der Waals surface area (Å²) in [6.45, 7) is 6.47. The lowest BCUT2D eigenvalue weighted by Crippen LogP contribution is -2.12. The number of aromatic nitrogens is 4. The number of hydrogen-bond donors (Lipinski definition) is 0. The van der Waals surface area contributed by atoms with Crippen LogP contribution >= 0.6 is 0 Å². The maximum absolute atomic E-state index is 11.8. The fourth-order valence-electron chi connectivity index (χ4n) is 1.48. The van der Waals surface area contributed by atoms with Gasteiger partial charge >= 0.3 is 5.97 Å². The Morgan fingerprint density at radius 2 is 2.32 bits per heavy atom. The van der Waals surface area contributed by atoms with Crippen molar-refractivity contribution in [2.75, 3.05) is 6.61 Å². The van der Waals surface area contributed by atoms with Crippen molar-refractivity contribution in [1.29, 1.82) is 0 Å². The highest BCUT2D eigenvalue weighted by atomic mass is 16.5. The third-order valence-corrected chi connectivity index (χ3v) is 2.52. The predicted molar refractivity (Wildman–Crippen MR) is 65.5 cm³/mol. The molecule has 102 valence electrons. The first kappa shape index (κ1) is 13.3. The van der Waals surface area contributed by atoms with Gasteiger partial charge in [0.15, 0.2) is 11.5 Å². The Bertz CT molecular complexity index is 545. The third kappa shape index (κ3) is 3.18. The van der Waals surface area contributed by atoms with Gasteiger partial charge in [-0.1, -0.05) is 24.2 Å². The van der Waals surface area contributed by atoms with E-state index in [9.17, 15) is 4.79 Å². The molecule has 0 saturated heterocycles. The Balaban J connectivity index is 2.07. The van der Waals surface area contributed by atoms with E-state index in [4.69, 9.17) is 9.26 Å². The van der Waals surface area contributed by atoms with Gasteiger partial charge in [0, 0.05) is 6.07 Å². The van der Waals surface area contributed by atoms with Crippen LogP contribution in [0.25, 0.3) is 0 Å². The zero-order valence-electron chi connectivity index (χ0n) is 11.2. The van der Waals surface area contributed by atoms with Gasteiger partial charge in [0.1, 0.15) is 6.54 Å². The van der Waals surface area contributed by atoms with E-state index >= 15 is 0 Å². The molecular weight excluding hydrogens is 248 g/mol. The number of esters is 1. The van der Waals surface area contributed by atoms with Gasteiger partial charge in [0.25, 0.3) is 0 Å². The van der Waals surface area contributed by atoms with Crippen LogP contribution in [0.15, 0.2) is 16.8 Å². The number of carbonyl (C=O) groups excluding carboxylic acids is 1. The molecule has 0 radical (unpaired) electrons. The summed E-state index contributed by atoms with van der Waals surface area (Å²) in [4.78, 5) is 11.8. The minimum atomic E-state index is -0.449.